The van der Waals surface area contributed by atoms with Gasteiger partial charge in [0.1, 0.15) is 17.9 Å². The Morgan fingerprint density at radius 2 is 1.95 bits per heavy atom. The number of fused-ring (bicyclic) bond motifs is 1. The van der Waals surface area contributed by atoms with Gasteiger partial charge in [-0.3, -0.25) is 4.90 Å². The number of amides is 1. The standard InChI is InChI=1S/C13H13F2NO3/c14-9-1-7(2-10(15)4-9)13-5-8(13)3-11(17)16(6-13)12(18)19/h1-2,4,8,11,17H,3,5-6H2,(H,18,19)/t8-,11?,13-/m1/s1. The lowest BCUT2D eigenvalue weighted by Crippen LogP contribution is -2.48. The number of hydrogen-bond donors (Lipinski definition) is 2. The number of aliphatic hydroxyl groups excluding tert-OH is 1. The van der Waals surface area contributed by atoms with Crippen molar-refractivity contribution in [3.05, 3.63) is 35.4 Å². The predicted molar refractivity (Wildman–Crippen MR) is 61.5 cm³/mol. The number of piperidine rings is 1. The van der Waals surface area contributed by atoms with Crippen molar-refractivity contribution in [3.8, 4) is 0 Å². The molecule has 6 heteroatoms. The topological polar surface area (TPSA) is 60.8 Å². The minimum Gasteiger partial charge on any atom is -0.465 e. The highest BCUT2D eigenvalue weighted by Gasteiger charge is 2.60. The van der Waals surface area contributed by atoms with Gasteiger partial charge in [0.05, 0.1) is 0 Å². The maximum Gasteiger partial charge on any atom is 0.409 e. The Bertz CT molecular complexity index is 530. The summed E-state index contributed by atoms with van der Waals surface area (Å²) in [5, 5.41) is 18.7. The normalized spacial score (nSPS) is 32.9. The van der Waals surface area contributed by atoms with E-state index in [1.165, 1.54) is 12.1 Å². The summed E-state index contributed by atoms with van der Waals surface area (Å²) in [5.74, 6) is -1.25. The highest BCUT2D eigenvalue weighted by molar-refractivity contribution is 5.66. The molecular formula is C13H13F2NO3. The zero-order valence-electron chi connectivity index (χ0n) is 10.0. The lowest BCUT2D eigenvalue weighted by atomic mass is 9.88. The van der Waals surface area contributed by atoms with Gasteiger partial charge >= 0.3 is 6.09 Å². The molecule has 3 rings (SSSR count). The summed E-state index contributed by atoms with van der Waals surface area (Å²) in [6.45, 7) is 0.0804. The third-order valence-electron chi connectivity index (χ3n) is 4.22. The van der Waals surface area contributed by atoms with Crippen LogP contribution in [0, 0.1) is 17.6 Å². The van der Waals surface area contributed by atoms with Crippen molar-refractivity contribution in [2.45, 2.75) is 24.5 Å². The number of benzene rings is 1. The van der Waals surface area contributed by atoms with Crippen LogP contribution in [0.5, 0.6) is 0 Å². The molecule has 4 nitrogen and oxygen atoms in total. The minimum atomic E-state index is -1.21. The Kier molecular flexibility index (Phi) is 2.53. The van der Waals surface area contributed by atoms with E-state index in [-0.39, 0.29) is 12.5 Å². The molecule has 0 radical (unpaired) electrons. The van der Waals surface area contributed by atoms with E-state index in [2.05, 4.69) is 0 Å². The molecule has 19 heavy (non-hydrogen) atoms. The Labute approximate surface area is 108 Å². The Morgan fingerprint density at radius 3 is 2.53 bits per heavy atom. The average molecular weight is 269 g/mol. The summed E-state index contributed by atoms with van der Waals surface area (Å²) in [6, 6.07) is 3.30. The van der Waals surface area contributed by atoms with Gasteiger partial charge in [-0.1, -0.05) is 0 Å². The van der Waals surface area contributed by atoms with Gasteiger partial charge in [-0.25, -0.2) is 13.6 Å². The third kappa shape index (κ3) is 1.87. The van der Waals surface area contributed by atoms with E-state index in [4.69, 9.17) is 5.11 Å². The second-order valence-electron chi connectivity index (χ2n) is 5.34. The number of carboxylic acid groups (broad SMARTS) is 1. The van der Waals surface area contributed by atoms with Crippen LogP contribution in [0.25, 0.3) is 0 Å². The van der Waals surface area contributed by atoms with Gasteiger partial charge in [-0.15, -0.1) is 0 Å². The fraction of sp³-hybridized carbons (Fsp3) is 0.462. The van der Waals surface area contributed by atoms with Crippen LogP contribution in [0.15, 0.2) is 18.2 Å². The first-order valence-electron chi connectivity index (χ1n) is 6.06. The Balaban J connectivity index is 1.95. The van der Waals surface area contributed by atoms with Gasteiger partial charge < -0.3 is 10.2 Å². The molecule has 1 unspecified atom stereocenters. The second kappa shape index (κ2) is 3.90. The van der Waals surface area contributed by atoms with Crippen LogP contribution in [-0.2, 0) is 5.41 Å². The molecule has 1 aliphatic carbocycles. The van der Waals surface area contributed by atoms with Crippen molar-refractivity contribution in [2.75, 3.05) is 6.54 Å². The molecule has 1 amide bonds. The molecule has 102 valence electrons. The zero-order valence-corrected chi connectivity index (χ0v) is 10.0. The van der Waals surface area contributed by atoms with Crippen LogP contribution in [0.1, 0.15) is 18.4 Å². The van der Waals surface area contributed by atoms with E-state index in [0.717, 1.165) is 11.0 Å². The molecule has 2 aliphatic rings. The van der Waals surface area contributed by atoms with E-state index in [0.29, 0.717) is 18.4 Å². The molecule has 1 saturated carbocycles. The third-order valence-corrected chi connectivity index (χ3v) is 4.22. The minimum absolute atomic E-state index is 0.0804. The maximum atomic E-state index is 13.3. The van der Waals surface area contributed by atoms with Gasteiger partial charge in [-0.2, -0.15) is 0 Å². The van der Waals surface area contributed by atoms with E-state index in [9.17, 15) is 18.7 Å². The Hall–Kier alpha value is -1.69. The highest BCUT2D eigenvalue weighted by atomic mass is 19.1. The first kappa shape index (κ1) is 12.3. The van der Waals surface area contributed by atoms with Crippen molar-refractivity contribution < 1.29 is 23.8 Å². The lowest BCUT2D eigenvalue weighted by molar-refractivity contribution is -0.0195. The summed E-state index contributed by atoms with van der Waals surface area (Å²) in [7, 11) is 0. The van der Waals surface area contributed by atoms with Crippen molar-refractivity contribution in [2.24, 2.45) is 5.92 Å². The summed E-state index contributed by atoms with van der Waals surface area (Å²) >= 11 is 0. The van der Waals surface area contributed by atoms with E-state index >= 15 is 0 Å². The van der Waals surface area contributed by atoms with Crippen molar-refractivity contribution in [1.29, 1.82) is 0 Å². The van der Waals surface area contributed by atoms with Gasteiger partial charge in [0, 0.05) is 18.0 Å². The van der Waals surface area contributed by atoms with Gasteiger partial charge in [0.2, 0.25) is 0 Å². The maximum absolute atomic E-state index is 13.3. The zero-order chi connectivity index (χ0) is 13.8. The molecule has 0 aromatic heterocycles. The molecule has 1 aromatic rings. The van der Waals surface area contributed by atoms with Crippen LogP contribution in [0.3, 0.4) is 0 Å². The van der Waals surface area contributed by atoms with E-state index < -0.39 is 29.4 Å². The summed E-state index contributed by atoms with van der Waals surface area (Å²) in [5.41, 5.74) is -0.0613. The number of halogens is 2. The number of likely N-dealkylation sites (tertiary alicyclic amines) is 1. The van der Waals surface area contributed by atoms with Crippen LogP contribution in [-0.4, -0.2) is 34.0 Å². The van der Waals surface area contributed by atoms with Gasteiger partial charge in [0.25, 0.3) is 0 Å². The van der Waals surface area contributed by atoms with Crippen molar-refractivity contribution in [3.63, 3.8) is 0 Å². The summed E-state index contributed by atoms with van der Waals surface area (Å²) in [4.78, 5) is 12.0. The predicted octanol–water partition coefficient (Wildman–Crippen LogP) is 1.92. The molecular weight excluding hydrogens is 256 g/mol. The molecule has 1 aromatic carbocycles. The molecule has 1 aliphatic heterocycles. The highest BCUT2D eigenvalue weighted by Crippen LogP contribution is 2.59. The summed E-state index contributed by atoms with van der Waals surface area (Å²) in [6.07, 6.45) is -1.29. The first-order valence-corrected chi connectivity index (χ1v) is 6.06. The fourth-order valence-corrected chi connectivity index (χ4v) is 3.16. The fourth-order valence-electron chi connectivity index (χ4n) is 3.16. The number of nitrogens with zero attached hydrogens (tertiary/aromatic N) is 1. The van der Waals surface area contributed by atoms with Crippen LogP contribution in [0.4, 0.5) is 13.6 Å². The summed E-state index contributed by atoms with van der Waals surface area (Å²) < 4.78 is 26.6. The van der Waals surface area contributed by atoms with Crippen LogP contribution >= 0.6 is 0 Å². The average Bonchev–Trinajstić information content (AvgIpc) is 3.00. The van der Waals surface area contributed by atoms with E-state index in [1.807, 2.05) is 0 Å². The van der Waals surface area contributed by atoms with Crippen molar-refractivity contribution >= 4 is 6.09 Å². The number of carbonyl (C=O) groups is 1. The van der Waals surface area contributed by atoms with Crippen LogP contribution < -0.4 is 0 Å². The molecule has 1 saturated heterocycles. The molecule has 2 N–H and O–H groups in total. The van der Waals surface area contributed by atoms with E-state index in [1.54, 1.807) is 0 Å². The van der Waals surface area contributed by atoms with Crippen molar-refractivity contribution in [1.82, 2.24) is 4.90 Å². The molecule has 3 atom stereocenters. The number of hydrogen-bond acceptors (Lipinski definition) is 2. The monoisotopic (exact) mass is 269 g/mol. The Morgan fingerprint density at radius 1 is 1.32 bits per heavy atom. The lowest BCUT2D eigenvalue weighted by Gasteiger charge is -2.35. The molecule has 2 fully saturated rings. The number of rotatable bonds is 1. The molecule has 0 bridgehead atoms. The van der Waals surface area contributed by atoms with Gasteiger partial charge in [-0.05, 0) is 36.5 Å². The number of aliphatic hydroxyl groups is 1. The SMILES string of the molecule is O=C(O)N1C[C@@]2(c3cc(F)cc(F)c3)C[C@H]2CC1O. The van der Waals surface area contributed by atoms with Crippen LogP contribution in [0.2, 0.25) is 0 Å². The quantitative estimate of drug-likeness (QED) is 0.819. The second-order valence-corrected chi connectivity index (χ2v) is 5.34. The first-order chi connectivity index (χ1) is 8.92. The molecule has 1 heterocycles. The smallest absolute Gasteiger partial charge is 0.409 e. The molecule has 0 spiro atoms. The largest absolute Gasteiger partial charge is 0.465 e. The van der Waals surface area contributed by atoms with Gasteiger partial charge in [0.15, 0.2) is 0 Å².